The SMILES string of the molecule is CCC(CC)C(=O)Nc1cc(NC(=O)C(C)C)c(NC(=O)/C=C/c2ccc(O)c(O)c2)cc1OCC(=O)O. The highest BCUT2D eigenvalue weighted by Gasteiger charge is 2.21. The van der Waals surface area contributed by atoms with Gasteiger partial charge in [0.05, 0.1) is 17.1 Å². The van der Waals surface area contributed by atoms with E-state index in [1.54, 1.807) is 13.8 Å². The van der Waals surface area contributed by atoms with Gasteiger partial charge in [0.2, 0.25) is 17.7 Å². The molecule has 0 aliphatic rings. The highest BCUT2D eigenvalue weighted by molar-refractivity contribution is 6.07. The number of amides is 3. The number of phenols is 2. The highest BCUT2D eigenvalue weighted by atomic mass is 16.5. The zero-order valence-electron chi connectivity index (χ0n) is 21.7. The van der Waals surface area contributed by atoms with Crippen LogP contribution < -0.4 is 20.7 Å². The molecule has 0 fully saturated rings. The van der Waals surface area contributed by atoms with Crippen molar-refractivity contribution in [2.45, 2.75) is 40.5 Å². The van der Waals surface area contributed by atoms with E-state index in [9.17, 15) is 29.4 Å². The molecule has 0 saturated heterocycles. The van der Waals surface area contributed by atoms with Crippen molar-refractivity contribution in [1.82, 2.24) is 0 Å². The van der Waals surface area contributed by atoms with Gasteiger partial charge in [-0.3, -0.25) is 14.4 Å². The van der Waals surface area contributed by atoms with Gasteiger partial charge in [-0.05, 0) is 42.7 Å². The maximum Gasteiger partial charge on any atom is 0.341 e. The molecule has 2 aromatic rings. The minimum absolute atomic E-state index is 0.0167. The van der Waals surface area contributed by atoms with Gasteiger partial charge in [0, 0.05) is 24.0 Å². The third-order valence-electron chi connectivity index (χ3n) is 5.55. The average Bonchev–Trinajstić information content (AvgIpc) is 2.85. The minimum atomic E-state index is -1.25. The van der Waals surface area contributed by atoms with Crippen LogP contribution in [0, 0.1) is 11.8 Å². The van der Waals surface area contributed by atoms with E-state index in [1.165, 1.54) is 42.5 Å². The summed E-state index contributed by atoms with van der Waals surface area (Å²) in [5, 5.41) is 36.2. The molecule has 0 bridgehead atoms. The fourth-order valence-corrected chi connectivity index (χ4v) is 3.31. The predicted octanol–water partition coefficient (Wildman–Crippen LogP) is 4.18. The summed E-state index contributed by atoms with van der Waals surface area (Å²) in [6.07, 6.45) is 3.74. The summed E-state index contributed by atoms with van der Waals surface area (Å²) in [6, 6.07) is 6.74. The Balaban J connectivity index is 2.47. The van der Waals surface area contributed by atoms with Crippen molar-refractivity contribution in [2.24, 2.45) is 11.8 Å². The maximum absolute atomic E-state index is 12.8. The molecule has 2 aromatic carbocycles. The number of aromatic hydroxyl groups is 2. The molecule has 0 radical (unpaired) electrons. The Morgan fingerprint density at radius 2 is 1.50 bits per heavy atom. The molecule has 0 atom stereocenters. The number of nitrogens with one attached hydrogen (secondary N) is 3. The molecule has 0 aliphatic carbocycles. The van der Waals surface area contributed by atoms with Crippen molar-refractivity contribution in [3.05, 3.63) is 42.0 Å². The molecule has 38 heavy (non-hydrogen) atoms. The number of hydrogen-bond acceptors (Lipinski definition) is 7. The van der Waals surface area contributed by atoms with E-state index >= 15 is 0 Å². The van der Waals surface area contributed by atoms with Gasteiger partial charge in [-0.2, -0.15) is 0 Å². The summed E-state index contributed by atoms with van der Waals surface area (Å²) in [5.41, 5.74) is 0.836. The van der Waals surface area contributed by atoms with Crippen LogP contribution in [0.1, 0.15) is 46.1 Å². The molecule has 6 N–H and O–H groups in total. The molecule has 11 nitrogen and oxygen atoms in total. The number of anilines is 3. The zero-order chi connectivity index (χ0) is 28.4. The van der Waals surface area contributed by atoms with Crippen LogP contribution in [0.5, 0.6) is 17.2 Å². The number of benzene rings is 2. The summed E-state index contributed by atoms with van der Waals surface area (Å²) in [4.78, 5) is 49.1. The van der Waals surface area contributed by atoms with E-state index in [-0.39, 0.29) is 52.0 Å². The first-order valence-electron chi connectivity index (χ1n) is 12.1. The van der Waals surface area contributed by atoms with Crippen molar-refractivity contribution in [1.29, 1.82) is 0 Å². The fourth-order valence-electron chi connectivity index (χ4n) is 3.31. The van der Waals surface area contributed by atoms with Gasteiger partial charge in [0.15, 0.2) is 18.1 Å². The van der Waals surface area contributed by atoms with Crippen molar-refractivity contribution >= 4 is 46.8 Å². The number of ether oxygens (including phenoxy) is 1. The fraction of sp³-hybridized carbons (Fsp3) is 0.333. The van der Waals surface area contributed by atoms with Gasteiger partial charge in [-0.15, -0.1) is 0 Å². The lowest BCUT2D eigenvalue weighted by Gasteiger charge is -2.20. The molecule has 0 aromatic heterocycles. The largest absolute Gasteiger partial charge is 0.504 e. The Kier molecular flexibility index (Phi) is 10.7. The standard InChI is InChI=1S/C27H33N3O8/c1-5-17(6-2)27(37)30-20-12-18(29-26(36)15(3)4)19(13-23(20)38-14-25(34)35)28-24(33)10-8-16-7-9-21(31)22(32)11-16/h7-13,15,17,31-32H,5-6,14H2,1-4H3,(H,28,33)(H,29,36)(H,30,37)(H,34,35)/b10-8+. The molecular formula is C27H33N3O8. The molecule has 0 unspecified atom stereocenters. The topological polar surface area (TPSA) is 174 Å². The normalized spacial score (nSPS) is 11.0. The monoisotopic (exact) mass is 527 g/mol. The van der Waals surface area contributed by atoms with Crippen LogP contribution in [0.25, 0.3) is 6.08 Å². The minimum Gasteiger partial charge on any atom is -0.504 e. The van der Waals surface area contributed by atoms with Gasteiger partial charge in [0.1, 0.15) is 5.75 Å². The van der Waals surface area contributed by atoms with Crippen LogP contribution in [0.2, 0.25) is 0 Å². The second-order valence-corrected chi connectivity index (χ2v) is 8.79. The van der Waals surface area contributed by atoms with E-state index in [4.69, 9.17) is 9.84 Å². The number of carbonyl (C=O) groups excluding carboxylic acids is 3. The third kappa shape index (κ3) is 8.54. The number of rotatable bonds is 12. The lowest BCUT2D eigenvalue weighted by atomic mass is 10.0. The molecular weight excluding hydrogens is 494 g/mol. The first kappa shape index (κ1) is 29.7. The van der Waals surface area contributed by atoms with Gasteiger partial charge in [-0.25, -0.2) is 4.79 Å². The first-order chi connectivity index (χ1) is 17.9. The number of hydrogen-bond donors (Lipinski definition) is 6. The summed E-state index contributed by atoms with van der Waals surface area (Å²) < 4.78 is 5.38. The lowest BCUT2D eigenvalue weighted by Crippen LogP contribution is -2.23. The number of carboxylic acids is 1. The second kappa shape index (κ2) is 13.7. The van der Waals surface area contributed by atoms with Crippen molar-refractivity contribution in [2.75, 3.05) is 22.6 Å². The van der Waals surface area contributed by atoms with Gasteiger partial charge in [0.25, 0.3) is 0 Å². The molecule has 204 valence electrons. The van der Waals surface area contributed by atoms with Crippen molar-refractivity contribution < 1.29 is 39.2 Å². The van der Waals surface area contributed by atoms with Crippen LogP contribution in [0.15, 0.2) is 36.4 Å². The first-order valence-corrected chi connectivity index (χ1v) is 12.1. The lowest BCUT2D eigenvalue weighted by molar-refractivity contribution is -0.139. The van der Waals surface area contributed by atoms with E-state index in [2.05, 4.69) is 16.0 Å². The van der Waals surface area contributed by atoms with E-state index in [0.29, 0.717) is 18.4 Å². The molecule has 11 heteroatoms. The molecule has 2 rings (SSSR count). The molecule has 0 spiro atoms. The van der Waals surface area contributed by atoms with E-state index in [1.807, 2.05) is 13.8 Å². The van der Waals surface area contributed by atoms with Crippen LogP contribution >= 0.6 is 0 Å². The summed E-state index contributed by atoms with van der Waals surface area (Å²) in [5.74, 6) is -3.87. The number of aliphatic carboxylic acids is 1. The van der Waals surface area contributed by atoms with Gasteiger partial charge >= 0.3 is 5.97 Å². The van der Waals surface area contributed by atoms with E-state index < -0.39 is 24.4 Å². The predicted molar refractivity (Wildman–Crippen MR) is 143 cm³/mol. The van der Waals surface area contributed by atoms with Gasteiger partial charge < -0.3 is 36.0 Å². The Labute approximate surface area is 220 Å². The van der Waals surface area contributed by atoms with E-state index in [0.717, 1.165) is 0 Å². The summed E-state index contributed by atoms with van der Waals surface area (Å²) in [6.45, 7) is 6.40. The Bertz CT molecular complexity index is 1220. The smallest absolute Gasteiger partial charge is 0.341 e. The zero-order valence-corrected chi connectivity index (χ0v) is 21.7. The quantitative estimate of drug-likeness (QED) is 0.176. The number of carbonyl (C=O) groups is 4. The Hall–Kier alpha value is -4.54. The second-order valence-electron chi connectivity index (χ2n) is 8.79. The summed E-state index contributed by atoms with van der Waals surface area (Å²) >= 11 is 0. The molecule has 0 aliphatic heterocycles. The van der Waals surface area contributed by atoms with Crippen molar-refractivity contribution in [3.8, 4) is 17.2 Å². The Morgan fingerprint density at radius 3 is 2.08 bits per heavy atom. The van der Waals surface area contributed by atoms with Gasteiger partial charge in [-0.1, -0.05) is 33.8 Å². The van der Waals surface area contributed by atoms with Crippen LogP contribution in [0.4, 0.5) is 17.1 Å². The molecule has 0 heterocycles. The molecule has 0 saturated carbocycles. The number of phenolic OH excluding ortho intramolecular Hbond substituents is 2. The third-order valence-corrected chi connectivity index (χ3v) is 5.55. The highest BCUT2D eigenvalue weighted by Crippen LogP contribution is 2.36. The Morgan fingerprint density at radius 1 is 0.868 bits per heavy atom. The summed E-state index contributed by atoms with van der Waals surface area (Å²) in [7, 11) is 0. The van der Waals surface area contributed by atoms with Crippen LogP contribution in [-0.2, 0) is 19.2 Å². The van der Waals surface area contributed by atoms with Crippen molar-refractivity contribution in [3.63, 3.8) is 0 Å². The average molecular weight is 528 g/mol. The van der Waals surface area contributed by atoms with Crippen LogP contribution in [-0.4, -0.2) is 45.6 Å². The number of carboxylic acid groups (broad SMARTS) is 1. The van der Waals surface area contributed by atoms with Crippen LogP contribution in [0.3, 0.4) is 0 Å². The molecule has 3 amide bonds. The maximum atomic E-state index is 12.8.